The molecule has 0 amide bonds. The molecule has 1 aromatic heterocycles. The summed E-state index contributed by atoms with van der Waals surface area (Å²) in [6.07, 6.45) is 4.02. The molecule has 0 radical (unpaired) electrons. The number of hydrogen-bond acceptors (Lipinski definition) is 4. The van der Waals surface area contributed by atoms with Crippen molar-refractivity contribution >= 4 is 21.7 Å². The highest BCUT2D eigenvalue weighted by Crippen LogP contribution is 2.42. The Kier molecular flexibility index (Phi) is 3.56. The molecule has 20 heavy (non-hydrogen) atoms. The first-order chi connectivity index (χ1) is 9.65. The molecule has 1 fully saturated rings. The van der Waals surface area contributed by atoms with Gasteiger partial charge < -0.3 is 15.0 Å². The van der Waals surface area contributed by atoms with Crippen LogP contribution in [0, 0.1) is 0 Å². The van der Waals surface area contributed by atoms with Crippen LogP contribution in [0.2, 0.25) is 0 Å². The Balaban J connectivity index is 2.00. The molecule has 0 atom stereocenters. The zero-order valence-electron chi connectivity index (χ0n) is 11.4. The second-order valence-electron chi connectivity index (χ2n) is 5.26. The van der Waals surface area contributed by atoms with Gasteiger partial charge in [-0.3, -0.25) is 0 Å². The topological polar surface area (TPSA) is 61.3 Å². The van der Waals surface area contributed by atoms with Gasteiger partial charge in [0, 0.05) is 23.6 Å². The highest BCUT2D eigenvalue weighted by atomic mass is 79.9. The molecule has 2 aromatic rings. The Bertz CT molecular complexity index is 615. The van der Waals surface area contributed by atoms with Crippen molar-refractivity contribution in [1.29, 1.82) is 0 Å². The normalized spacial score (nSPS) is 16.9. The number of anilines is 1. The van der Waals surface area contributed by atoms with Gasteiger partial charge in [0.2, 0.25) is 0 Å². The molecule has 1 heterocycles. The van der Waals surface area contributed by atoms with E-state index in [1.165, 1.54) is 6.42 Å². The number of nitrogens with two attached hydrogens (primary N) is 1. The summed E-state index contributed by atoms with van der Waals surface area (Å²) in [7, 11) is 1.76. The lowest BCUT2D eigenvalue weighted by molar-refractivity contribution is -0.0742. The Morgan fingerprint density at radius 2 is 2.15 bits per heavy atom. The minimum absolute atomic E-state index is 0.109. The molecule has 106 valence electrons. The number of nitrogen functional groups attached to an aromatic ring is 1. The number of methoxy groups -OCH3 is 1. The second kappa shape index (κ2) is 5.22. The number of ether oxygens (including phenoxy) is 1. The first kappa shape index (κ1) is 13.6. The van der Waals surface area contributed by atoms with Crippen molar-refractivity contribution < 1.29 is 9.26 Å². The van der Waals surface area contributed by atoms with Crippen LogP contribution >= 0.6 is 15.9 Å². The largest absolute Gasteiger partial charge is 0.380 e. The summed E-state index contributed by atoms with van der Waals surface area (Å²) >= 11 is 3.56. The van der Waals surface area contributed by atoms with Gasteiger partial charge in [-0.25, -0.2) is 0 Å². The number of hydrogen-bond donors (Lipinski definition) is 1. The predicted octanol–water partition coefficient (Wildman–Crippen LogP) is 3.80. The van der Waals surface area contributed by atoms with Gasteiger partial charge in [-0.15, -0.1) is 0 Å². The van der Waals surface area contributed by atoms with Crippen LogP contribution in [0.3, 0.4) is 0 Å². The molecule has 5 heteroatoms. The van der Waals surface area contributed by atoms with Gasteiger partial charge in [0.1, 0.15) is 5.76 Å². The first-order valence-corrected chi connectivity index (χ1v) is 7.48. The molecular weight excluding hydrogens is 320 g/mol. The SMILES string of the molecule is COC1(Cc2onc(N)c2-c2ccccc2Br)CCC1. The molecule has 1 aliphatic rings. The van der Waals surface area contributed by atoms with E-state index in [1.54, 1.807) is 7.11 Å². The molecule has 3 rings (SSSR count). The summed E-state index contributed by atoms with van der Waals surface area (Å²) in [6, 6.07) is 7.95. The highest BCUT2D eigenvalue weighted by molar-refractivity contribution is 9.10. The maximum Gasteiger partial charge on any atom is 0.175 e. The van der Waals surface area contributed by atoms with Crippen LogP contribution in [0.5, 0.6) is 0 Å². The van der Waals surface area contributed by atoms with E-state index in [2.05, 4.69) is 21.1 Å². The Hall–Kier alpha value is -1.33. The second-order valence-corrected chi connectivity index (χ2v) is 6.12. The van der Waals surface area contributed by atoms with Crippen molar-refractivity contribution in [1.82, 2.24) is 5.16 Å². The fraction of sp³-hybridized carbons (Fsp3) is 0.400. The molecule has 0 spiro atoms. The molecule has 0 unspecified atom stereocenters. The van der Waals surface area contributed by atoms with Gasteiger partial charge in [0.05, 0.1) is 11.2 Å². The molecule has 0 saturated heterocycles. The smallest absolute Gasteiger partial charge is 0.175 e. The molecule has 4 nitrogen and oxygen atoms in total. The molecule has 1 saturated carbocycles. The van der Waals surface area contributed by atoms with E-state index in [4.69, 9.17) is 15.0 Å². The summed E-state index contributed by atoms with van der Waals surface area (Å²) in [5.74, 6) is 1.23. The van der Waals surface area contributed by atoms with E-state index in [0.717, 1.165) is 34.2 Å². The minimum Gasteiger partial charge on any atom is -0.380 e. The number of benzene rings is 1. The van der Waals surface area contributed by atoms with Crippen LogP contribution in [0.4, 0.5) is 5.82 Å². The van der Waals surface area contributed by atoms with Gasteiger partial charge >= 0.3 is 0 Å². The average molecular weight is 337 g/mol. The number of nitrogens with zero attached hydrogens (tertiary/aromatic N) is 1. The van der Waals surface area contributed by atoms with E-state index < -0.39 is 0 Å². The Morgan fingerprint density at radius 1 is 1.40 bits per heavy atom. The summed E-state index contributed by atoms with van der Waals surface area (Å²) in [5, 5.41) is 3.94. The lowest BCUT2D eigenvalue weighted by Gasteiger charge is -2.39. The lowest BCUT2D eigenvalue weighted by Crippen LogP contribution is -2.41. The van der Waals surface area contributed by atoms with Crippen LogP contribution in [0.1, 0.15) is 25.0 Å². The fourth-order valence-corrected chi connectivity index (χ4v) is 3.21. The van der Waals surface area contributed by atoms with Gasteiger partial charge in [0.25, 0.3) is 0 Å². The first-order valence-electron chi connectivity index (χ1n) is 6.69. The quantitative estimate of drug-likeness (QED) is 0.922. The molecule has 0 aliphatic heterocycles. The maximum absolute atomic E-state index is 6.00. The maximum atomic E-state index is 6.00. The number of aromatic nitrogens is 1. The molecule has 1 aliphatic carbocycles. The fourth-order valence-electron chi connectivity index (χ4n) is 2.73. The predicted molar refractivity (Wildman–Crippen MR) is 81.3 cm³/mol. The van der Waals surface area contributed by atoms with Crippen LogP contribution < -0.4 is 5.73 Å². The van der Waals surface area contributed by atoms with Gasteiger partial charge in [-0.05, 0) is 25.3 Å². The van der Waals surface area contributed by atoms with E-state index in [0.29, 0.717) is 12.2 Å². The van der Waals surface area contributed by atoms with Gasteiger partial charge in [-0.1, -0.05) is 39.3 Å². The third-order valence-electron chi connectivity index (χ3n) is 4.11. The third-order valence-corrected chi connectivity index (χ3v) is 4.80. The summed E-state index contributed by atoms with van der Waals surface area (Å²) in [5.41, 5.74) is 7.77. The molecule has 0 bridgehead atoms. The van der Waals surface area contributed by atoms with Crippen LogP contribution in [0.25, 0.3) is 11.1 Å². The zero-order valence-corrected chi connectivity index (χ0v) is 12.9. The monoisotopic (exact) mass is 336 g/mol. The lowest BCUT2D eigenvalue weighted by atomic mass is 9.76. The third kappa shape index (κ3) is 2.25. The van der Waals surface area contributed by atoms with Crippen LogP contribution in [-0.2, 0) is 11.2 Å². The molecular formula is C15H17BrN2O2. The zero-order chi connectivity index (χ0) is 14.2. The number of halogens is 1. The summed E-state index contributed by atoms with van der Waals surface area (Å²) in [6.45, 7) is 0. The van der Waals surface area contributed by atoms with Crippen molar-refractivity contribution in [3.05, 3.63) is 34.5 Å². The Labute approximate surface area is 126 Å². The summed E-state index contributed by atoms with van der Waals surface area (Å²) < 4.78 is 12.1. The van der Waals surface area contributed by atoms with Crippen LogP contribution in [0.15, 0.2) is 33.3 Å². The van der Waals surface area contributed by atoms with E-state index in [-0.39, 0.29) is 5.60 Å². The van der Waals surface area contributed by atoms with E-state index >= 15 is 0 Å². The van der Waals surface area contributed by atoms with E-state index in [1.807, 2.05) is 24.3 Å². The van der Waals surface area contributed by atoms with Crippen molar-refractivity contribution in [3.8, 4) is 11.1 Å². The molecule has 2 N–H and O–H groups in total. The van der Waals surface area contributed by atoms with Crippen molar-refractivity contribution in [2.24, 2.45) is 0 Å². The minimum atomic E-state index is -0.109. The number of rotatable bonds is 4. The van der Waals surface area contributed by atoms with Crippen LogP contribution in [-0.4, -0.2) is 17.9 Å². The van der Waals surface area contributed by atoms with E-state index in [9.17, 15) is 0 Å². The standard InChI is InChI=1S/C15H17BrN2O2/c1-19-15(7-4-8-15)9-12-13(14(17)18-20-12)10-5-2-3-6-11(10)16/h2-3,5-6H,4,7-9H2,1H3,(H2,17,18). The summed E-state index contributed by atoms with van der Waals surface area (Å²) in [4.78, 5) is 0. The van der Waals surface area contributed by atoms with Crippen molar-refractivity contribution in [2.75, 3.05) is 12.8 Å². The van der Waals surface area contributed by atoms with Gasteiger partial charge in [-0.2, -0.15) is 0 Å². The molecule has 1 aromatic carbocycles. The van der Waals surface area contributed by atoms with Crippen molar-refractivity contribution in [3.63, 3.8) is 0 Å². The highest BCUT2D eigenvalue weighted by Gasteiger charge is 2.39. The van der Waals surface area contributed by atoms with Gasteiger partial charge in [0.15, 0.2) is 5.82 Å². The Morgan fingerprint density at radius 3 is 2.75 bits per heavy atom. The average Bonchev–Trinajstić information content (AvgIpc) is 2.76. The van der Waals surface area contributed by atoms with Crippen molar-refractivity contribution in [2.45, 2.75) is 31.3 Å².